The number of hydrogen-bond donors (Lipinski definition) is 3. The minimum Gasteiger partial charge on any atom is -0.846 e. The second kappa shape index (κ2) is 11.8. The van der Waals surface area contributed by atoms with Crippen molar-refractivity contribution in [3.63, 3.8) is 0 Å². The summed E-state index contributed by atoms with van der Waals surface area (Å²) in [6.45, 7) is 8.64. The van der Waals surface area contributed by atoms with Crippen molar-refractivity contribution in [1.82, 2.24) is 5.32 Å². The Bertz CT molecular complexity index is 603. The van der Waals surface area contributed by atoms with Crippen LogP contribution in [-0.2, 0) is 19.2 Å². The molecule has 1 heterocycles. The summed E-state index contributed by atoms with van der Waals surface area (Å²) in [5.74, 6) is -3.64. The normalized spacial score (nSPS) is 19.7. The molecule has 1 aliphatic rings. The zero-order valence-electron chi connectivity index (χ0n) is 15.5. The van der Waals surface area contributed by atoms with Gasteiger partial charge >= 0.3 is 41.5 Å². The van der Waals surface area contributed by atoms with Crippen molar-refractivity contribution < 1.29 is 64.1 Å². The van der Waals surface area contributed by atoms with E-state index in [-0.39, 0.29) is 41.0 Å². The second-order valence-corrected chi connectivity index (χ2v) is 5.67. The van der Waals surface area contributed by atoms with Crippen molar-refractivity contribution in [1.29, 1.82) is 0 Å². The smallest absolute Gasteiger partial charge is 0.846 e. The third kappa shape index (κ3) is 6.89. The summed E-state index contributed by atoms with van der Waals surface area (Å²) in [5.41, 5.74) is -1.45. The van der Waals surface area contributed by atoms with E-state index in [1.807, 2.05) is 13.8 Å². The number of carbonyl (C=O) groups excluding carboxylic acids is 2. The zero-order chi connectivity index (χ0) is 19.8. The van der Waals surface area contributed by atoms with Crippen molar-refractivity contribution in [2.75, 3.05) is 0 Å². The van der Waals surface area contributed by atoms with Crippen molar-refractivity contribution in [2.45, 2.75) is 46.5 Å². The fourth-order valence-corrected chi connectivity index (χ4v) is 2.56. The minimum absolute atomic E-state index is 0. The van der Waals surface area contributed by atoms with E-state index in [1.54, 1.807) is 6.92 Å². The quantitative estimate of drug-likeness (QED) is 0.247. The molecular weight excluding hydrogens is 355 g/mol. The Balaban J connectivity index is 0. The van der Waals surface area contributed by atoms with Crippen molar-refractivity contribution in [2.24, 2.45) is 16.3 Å². The van der Waals surface area contributed by atoms with Crippen LogP contribution in [0.1, 0.15) is 46.5 Å². The topological polar surface area (TPSA) is 156 Å². The molecule has 0 bridgehead atoms. The van der Waals surface area contributed by atoms with Gasteiger partial charge in [0.15, 0.2) is 0 Å². The van der Waals surface area contributed by atoms with Gasteiger partial charge in [-0.25, -0.2) is 9.79 Å². The molecule has 1 aliphatic heterocycles. The Hall–Kier alpha value is -1.71. The van der Waals surface area contributed by atoms with Crippen LogP contribution in [0.25, 0.3) is 0 Å². The molecule has 0 fully saturated rings. The van der Waals surface area contributed by atoms with E-state index in [0.717, 1.165) is 12.8 Å². The summed E-state index contributed by atoms with van der Waals surface area (Å²) in [6.07, 6.45) is 1.51. The number of rotatable bonds is 7. The first-order valence-electron chi connectivity index (χ1n) is 7.77. The van der Waals surface area contributed by atoms with E-state index >= 15 is 0 Å². The SMILES string of the molecule is C=C(CC(=O)O)C(=O)O.CCCC(C)C1(CC)C(=O)N=C([O-])NC1=O.[Na+]. The van der Waals surface area contributed by atoms with E-state index in [9.17, 15) is 24.3 Å². The Morgan fingerprint density at radius 1 is 1.31 bits per heavy atom. The number of aliphatic imine (C=N–C) groups is 1. The summed E-state index contributed by atoms with van der Waals surface area (Å²) >= 11 is 0. The van der Waals surface area contributed by atoms with E-state index in [0.29, 0.717) is 6.42 Å². The molecule has 26 heavy (non-hydrogen) atoms. The molecule has 2 unspecified atom stereocenters. The van der Waals surface area contributed by atoms with E-state index < -0.39 is 41.6 Å². The molecule has 0 aromatic heterocycles. The molecule has 3 N–H and O–H groups in total. The van der Waals surface area contributed by atoms with Gasteiger partial charge in [0.1, 0.15) is 5.41 Å². The van der Waals surface area contributed by atoms with Gasteiger partial charge in [0.05, 0.1) is 12.4 Å². The standard InChI is InChI=1S/C11H18N2O3.C5H6O4.Na/c1-4-6-7(3)11(5-2)8(14)12-10(16)13-9(11)15;1-3(5(8)9)2-4(6)7;/h7H,4-6H2,1-3H3,(H2,12,13,14,15,16);1-2H2,(H,6,7)(H,8,9);/q;;+1/p-1. The maximum absolute atomic E-state index is 11.9. The molecule has 0 aromatic carbocycles. The molecule has 1 rings (SSSR count). The van der Waals surface area contributed by atoms with Gasteiger partial charge in [-0.2, -0.15) is 0 Å². The van der Waals surface area contributed by atoms with Crippen LogP contribution in [0.4, 0.5) is 0 Å². The fourth-order valence-electron chi connectivity index (χ4n) is 2.56. The predicted octanol–water partition coefficient (Wildman–Crippen LogP) is -2.70. The van der Waals surface area contributed by atoms with Crippen LogP contribution in [0.3, 0.4) is 0 Å². The number of carboxylic acids is 2. The molecule has 10 heteroatoms. The van der Waals surface area contributed by atoms with E-state index in [2.05, 4.69) is 16.9 Å². The van der Waals surface area contributed by atoms with E-state index in [1.165, 1.54) is 0 Å². The zero-order valence-corrected chi connectivity index (χ0v) is 17.5. The van der Waals surface area contributed by atoms with Gasteiger partial charge < -0.3 is 20.6 Å². The monoisotopic (exact) mass is 378 g/mol. The molecule has 9 nitrogen and oxygen atoms in total. The van der Waals surface area contributed by atoms with Crippen LogP contribution in [0, 0.1) is 11.3 Å². The van der Waals surface area contributed by atoms with Gasteiger partial charge in [-0.1, -0.05) is 33.8 Å². The van der Waals surface area contributed by atoms with Crippen LogP contribution in [-0.4, -0.2) is 40.0 Å². The Morgan fingerprint density at radius 2 is 1.85 bits per heavy atom. The van der Waals surface area contributed by atoms with Crippen molar-refractivity contribution in [3.8, 4) is 0 Å². The molecule has 0 spiro atoms. The molecule has 2 atom stereocenters. The van der Waals surface area contributed by atoms with Crippen LogP contribution < -0.4 is 40.0 Å². The number of aliphatic carboxylic acids is 2. The number of carbonyl (C=O) groups is 4. The number of nitrogens with zero attached hydrogens (tertiary/aromatic N) is 1. The molecule has 0 aromatic rings. The first-order valence-corrected chi connectivity index (χ1v) is 7.77. The predicted molar refractivity (Wildman–Crippen MR) is 86.4 cm³/mol. The third-order valence-electron chi connectivity index (χ3n) is 4.00. The molecule has 140 valence electrons. The van der Waals surface area contributed by atoms with Gasteiger partial charge in [0.2, 0.25) is 5.91 Å². The summed E-state index contributed by atoms with van der Waals surface area (Å²) in [4.78, 5) is 46.7. The van der Waals surface area contributed by atoms with Crippen molar-refractivity contribution >= 4 is 29.8 Å². The first-order chi connectivity index (χ1) is 11.5. The summed E-state index contributed by atoms with van der Waals surface area (Å²) in [6, 6.07) is -0.845. The average Bonchev–Trinajstić information content (AvgIpc) is 2.47. The van der Waals surface area contributed by atoms with Crippen LogP contribution in [0.2, 0.25) is 0 Å². The Labute approximate surface area is 173 Å². The molecular formula is C16H23N2NaO7. The number of amidine groups is 1. The number of nitrogens with one attached hydrogen (secondary N) is 1. The van der Waals surface area contributed by atoms with Crippen LogP contribution in [0.5, 0.6) is 0 Å². The maximum atomic E-state index is 11.9. The Kier molecular flexibility index (Phi) is 12.1. The van der Waals surface area contributed by atoms with Crippen LogP contribution in [0.15, 0.2) is 17.1 Å². The number of carboxylic acid groups (broad SMARTS) is 2. The maximum Gasteiger partial charge on any atom is 1.00 e. The number of amides is 2. The molecule has 0 saturated heterocycles. The van der Waals surface area contributed by atoms with Gasteiger partial charge in [-0.15, -0.1) is 0 Å². The summed E-state index contributed by atoms with van der Waals surface area (Å²) < 4.78 is 0. The van der Waals surface area contributed by atoms with Crippen LogP contribution >= 0.6 is 0 Å². The van der Waals surface area contributed by atoms with Gasteiger partial charge in [-0.3, -0.25) is 14.4 Å². The molecule has 0 aliphatic carbocycles. The average molecular weight is 378 g/mol. The molecule has 0 saturated carbocycles. The van der Waals surface area contributed by atoms with E-state index in [4.69, 9.17) is 10.2 Å². The van der Waals surface area contributed by atoms with Crippen molar-refractivity contribution in [3.05, 3.63) is 12.2 Å². The third-order valence-corrected chi connectivity index (χ3v) is 4.00. The summed E-state index contributed by atoms with van der Waals surface area (Å²) in [5, 5.41) is 29.2. The van der Waals surface area contributed by atoms with Gasteiger partial charge in [-0.05, 0) is 18.8 Å². The molecule has 2 amide bonds. The Morgan fingerprint density at radius 3 is 2.15 bits per heavy atom. The summed E-state index contributed by atoms with van der Waals surface area (Å²) in [7, 11) is 0. The fraction of sp³-hybridized carbons (Fsp3) is 0.562. The number of hydrogen-bond acceptors (Lipinski definition) is 5. The minimum atomic E-state index is -1.27. The second-order valence-electron chi connectivity index (χ2n) is 5.67. The van der Waals surface area contributed by atoms with Gasteiger partial charge in [0, 0.05) is 5.57 Å². The molecule has 0 radical (unpaired) electrons. The first kappa shape index (κ1) is 26.5. The van der Waals surface area contributed by atoms with Gasteiger partial charge in [0.25, 0.3) is 5.91 Å². The largest absolute Gasteiger partial charge is 1.00 e.